The van der Waals surface area contributed by atoms with Gasteiger partial charge in [-0.05, 0) is 26.7 Å². The van der Waals surface area contributed by atoms with Gasteiger partial charge in [0.05, 0.1) is 13.2 Å². The van der Waals surface area contributed by atoms with E-state index >= 15 is 0 Å². The fraction of sp³-hybridized carbons (Fsp3) is 0.889. The molecule has 1 rings (SSSR count). The molecule has 0 radical (unpaired) electrons. The summed E-state index contributed by atoms with van der Waals surface area (Å²) < 4.78 is 22.0. The molecule has 0 unspecified atom stereocenters. The normalized spacial score (nSPS) is 17.1. The number of nitrogens with zero attached hydrogens (tertiary/aromatic N) is 1. The molecular formula is C9H18NO4P. The van der Waals surface area contributed by atoms with Crippen LogP contribution in [0.25, 0.3) is 0 Å². The quantitative estimate of drug-likeness (QED) is 0.687. The lowest BCUT2D eigenvalue weighted by Crippen LogP contribution is -2.27. The highest BCUT2D eigenvalue weighted by atomic mass is 31.2. The van der Waals surface area contributed by atoms with Crippen LogP contribution < -0.4 is 0 Å². The maximum Gasteiger partial charge on any atom is 0.418 e. The van der Waals surface area contributed by atoms with Gasteiger partial charge in [-0.15, -0.1) is 0 Å². The molecule has 88 valence electrons. The monoisotopic (exact) mass is 235 g/mol. The maximum absolute atomic E-state index is 12.1. The third kappa shape index (κ3) is 3.03. The molecule has 1 aliphatic rings. The van der Waals surface area contributed by atoms with E-state index in [9.17, 15) is 9.36 Å². The van der Waals surface area contributed by atoms with E-state index in [1.807, 2.05) is 0 Å². The molecule has 6 heteroatoms. The Labute approximate surface area is 90.3 Å². The lowest BCUT2D eigenvalue weighted by atomic mass is 10.4. The van der Waals surface area contributed by atoms with Crippen molar-refractivity contribution in [2.45, 2.75) is 26.7 Å². The fourth-order valence-corrected chi connectivity index (χ4v) is 3.09. The van der Waals surface area contributed by atoms with E-state index < -0.39 is 13.2 Å². The van der Waals surface area contributed by atoms with Crippen LogP contribution in [0.15, 0.2) is 0 Å². The number of carbonyl (C=O) groups is 1. The lowest BCUT2D eigenvalue weighted by molar-refractivity contribution is 0.191. The minimum atomic E-state index is -3.57. The van der Waals surface area contributed by atoms with Crippen molar-refractivity contribution in [3.05, 3.63) is 0 Å². The zero-order valence-electron chi connectivity index (χ0n) is 9.27. The van der Waals surface area contributed by atoms with Gasteiger partial charge in [-0.3, -0.25) is 4.79 Å². The van der Waals surface area contributed by atoms with Gasteiger partial charge in [0, 0.05) is 13.1 Å². The second kappa shape index (κ2) is 5.64. The topological polar surface area (TPSA) is 55.8 Å². The summed E-state index contributed by atoms with van der Waals surface area (Å²) >= 11 is 0. The molecule has 1 heterocycles. The Hall–Kier alpha value is -0.380. The fourth-order valence-electron chi connectivity index (χ4n) is 1.57. The van der Waals surface area contributed by atoms with E-state index in [1.165, 1.54) is 0 Å². The van der Waals surface area contributed by atoms with Crippen LogP contribution in [0.2, 0.25) is 0 Å². The molecule has 0 aromatic rings. The highest BCUT2D eigenvalue weighted by Gasteiger charge is 2.39. The van der Waals surface area contributed by atoms with Crippen LogP contribution in [0.1, 0.15) is 26.7 Å². The zero-order valence-corrected chi connectivity index (χ0v) is 10.2. The number of carbonyl (C=O) groups excluding carboxylic acids is 1. The van der Waals surface area contributed by atoms with Crippen molar-refractivity contribution < 1.29 is 18.4 Å². The summed E-state index contributed by atoms with van der Waals surface area (Å²) in [5.41, 5.74) is -0.483. The molecular weight excluding hydrogens is 217 g/mol. The van der Waals surface area contributed by atoms with Gasteiger partial charge in [0.15, 0.2) is 0 Å². The van der Waals surface area contributed by atoms with Crippen molar-refractivity contribution in [3.63, 3.8) is 0 Å². The second-order valence-corrected chi connectivity index (χ2v) is 5.20. The first-order chi connectivity index (χ1) is 7.14. The third-order valence-electron chi connectivity index (χ3n) is 2.21. The Balaban J connectivity index is 2.69. The van der Waals surface area contributed by atoms with Gasteiger partial charge in [-0.2, -0.15) is 0 Å². The first-order valence-corrected chi connectivity index (χ1v) is 6.87. The molecule has 1 aliphatic heterocycles. The van der Waals surface area contributed by atoms with Crippen molar-refractivity contribution in [1.82, 2.24) is 4.90 Å². The smallest absolute Gasteiger partial charge is 0.332 e. The molecule has 1 fully saturated rings. The molecule has 0 atom stereocenters. The second-order valence-electron chi connectivity index (χ2n) is 3.31. The van der Waals surface area contributed by atoms with Crippen molar-refractivity contribution in [3.8, 4) is 0 Å². The van der Waals surface area contributed by atoms with E-state index in [0.29, 0.717) is 13.1 Å². The SMILES string of the molecule is CCOP(=O)(OCC)C(=O)N1CCCC1. The lowest BCUT2D eigenvalue weighted by Gasteiger charge is -2.21. The van der Waals surface area contributed by atoms with Crippen molar-refractivity contribution in [2.24, 2.45) is 0 Å². The van der Waals surface area contributed by atoms with Crippen LogP contribution in [0.5, 0.6) is 0 Å². The number of amides is 1. The summed E-state index contributed by atoms with van der Waals surface area (Å²) in [5.74, 6) is 0. The standard InChI is InChI=1S/C9H18NO4P/c1-3-13-15(12,14-4-2)9(11)10-7-5-6-8-10/h3-8H2,1-2H3. The van der Waals surface area contributed by atoms with Gasteiger partial charge in [-0.25, -0.2) is 4.57 Å². The van der Waals surface area contributed by atoms with Crippen LogP contribution in [-0.2, 0) is 13.6 Å². The van der Waals surface area contributed by atoms with E-state index in [1.54, 1.807) is 18.7 Å². The van der Waals surface area contributed by atoms with Crippen molar-refractivity contribution in [1.29, 1.82) is 0 Å². The van der Waals surface area contributed by atoms with Crippen molar-refractivity contribution >= 4 is 13.2 Å². The highest BCUT2D eigenvalue weighted by molar-refractivity contribution is 7.71. The van der Waals surface area contributed by atoms with Gasteiger partial charge >= 0.3 is 13.2 Å². The Morgan fingerprint density at radius 2 is 1.67 bits per heavy atom. The Morgan fingerprint density at radius 1 is 1.20 bits per heavy atom. The first-order valence-electron chi connectivity index (χ1n) is 5.32. The molecule has 0 N–H and O–H groups in total. The molecule has 0 aliphatic carbocycles. The summed E-state index contributed by atoms with van der Waals surface area (Å²) in [4.78, 5) is 13.4. The first kappa shape index (κ1) is 12.7. The third-order valence-corrected chi connectivity index (χ3v) is 4.16. The Morgan fingerprint density at radius 3 is 2.07 bits per heavy atom. The van der Waals surface area contributed by atoms with E-state index in [4.69, 9.17) is 9.05 Å². The van der Waals surface area contributed by atoms with Crippen LogP contribution in [-0.4, -0.2) is 36.9 Å². The minimum absolute atomic E-state index is 0.219. The summed E-state index contributed by atoms with van der Waals surface area (Å²) in [5, 5.41) is 0. The average molecular weight is 235 g/mol. The molecule has 1 saturated heterocycles. The zero-order chi connectivity index (χ0) is 11.3. The molecule has 1 amide bonds. The molecule has 15 heavy (non-hydrogen) atoms. The average Bonchev–Trinajstić information content (AvgIpc) is 2.70. The van der Waals surface area contributed by atoms with Crippen LogP contribution in [0, 0.1) is 0 Å². The number of likely N-dealkylation sites (tertiary alicyclic amines) is 1. The molecule has 0 bridgehead atoms. The number of hydrogen-bond acceptors (Lipinski definition) is 4. The maximum atomic E-state index is 12.1. The Bertz CT molecular complexity index is 253. The summed E-state index contributed by atoms with van der Waals surface area (Å²) in [6.07, 6.45) is 1.92. The van der Waals surface area contributed by atoms with Gasteiger partial charge < -0.3 is 13.9 Å². The number of rotatable bonds is 5. The van der Waals surface area contributed by atoms with Gasteiger partial charge in [0.1, 0.15) is 0 Å². The summed E-state index contributed by atoms with van der Waals surface area (Å²) in [7, 11) is -3.57. The predicted octanol–water partition coefficient (Wildman–Crippen LogP) is 2.47. The van der Waals surface area contributed by atoms with Crippen LogP contribution >= 0.6 is 7.60 Å². The van der Waals surface area contributed by atoms with Gasteiger partial charge in [0.25, 0.3) is 0 Å². The highest BCUT2D eigenvalue weighted by Crippen LogP contribution is 2.50. The summed E-state index contributed by atoms with van der Waals surface area (Å²) in [6.45, 7) is 5.14. The van der Waals surface area contributed by atoms with Crippen molar-refractivity contribution in [2.75, 3.05) is 26.3 Å². The van der Waals surface area contributed by atoms with E-state index in [2.05, 4.69) is 0 Å². The molecule has 5 nitrogen and oxygen atoms in total. The molecule has 0 saturated carbocycles. The van der Waals surface area contributed by atoms with Gasteiger partial charge in [0.2, 0.25) is 0 Å². The Kier molecular flexibility index (Phi) is 4.77. The van der Waals surface area contributed by atoms with Crippen LogP contribution in [0.3, 0.4) is 0 Å². The van der Waals surface area contributed by atoms with Crippen LogP contribution in [0.4, 0.5) is 4.79 Å². The summed E-state index contributed by atoms with van der Waals surface area (Å²) in [6, 6.07) is 0. The molecule has 0 spiro atoms. The minimum Gasteiger partial charge on any atom is -0.332 e. The van der Waals surface area contributed by atoms with E-state index in [0.717, 1.165) is 12.8 Å². The van der Waals surface area contributed by atoms with Gasteiger partial charge in [-0.1, -0.05) is 0 Å². The van der Waals surface area contributed by atoms with E-state index in [-0.39, 0.29) is 13.2 Å². The largest absolute Gasteiger partial charge is 0.418 e. The predicted molar refractivity (Wildman–Crippen MR) is 57.1 cm³/mol. The molecule has 0 aromatic carbocycles. The number of hydrogen-bond donors (Lipinski definition) is 0. The molecule has 0 aromatic heterocycles.